The number of nitriles is 1. The fourth-order valence-electron chi connectivity index (χ4n) is 2.90. The van der Waals surface area contributed by atoms with Gasteiger partial charge in [0.15, 0.2) is 0 Å². The molecule has 0 spiro atoms. The molecule has 0 aromatic rings. The standard InChI is InChI=1S/C15H22N2O/c1-2-11-17(13-7-8-13)14(18)15(12-16)9-5-3-4-6-10-15/h2,13H,1,3-11H2. The molecular weight excluding hydrogens is 224 g/mol. The third-order valence-electron chi connectivity index (χ3n) is 4.15. The molecule has 2 fully saturated rings. The van der Waals surface area contributed by atoms with Crippen molar-refractivity contribution in [2.75, 3.05) is 6.54 Å². The van der Waals surface area contributed by atoms with Crippen molar-refractivity contribution < 1.29 is 4.79 Å². The van der Waals surface area contributed by atoms with E-state index in [1.807, 2.05) is 4.90 Å². The van der Waals surface area contributed by atoms with Crippen LogP contribution in [0.3, 0.4) is 0 Å². The van der Waals surface area contributed by atoms with Crippen molar-refractivity contribution in [1.29, 1.82) is 5.26 Å². The summed E-state index contributed by atoms with van der Waals surface area (Å²) in [5.74, 6) is 0.0642. The summed E-state index contributed by atoms with van der Waals surface area (Å²) in [5.41, 5.74) is -0.748. The van der Waals surface area contributed by atoms with E-state index >= 15 is 0 Å². The fraction of sp³-hybridized carbons (Fsp3) is 0.733. The number of hydrogen-bond donors (Lipinski definition) is 0. The third-order valence-corrected chi connectivity index (χ3v) is 4.15. The molecule has 2 saturated carbocycles. The van der Waals surface area contributed by atoms with Crippen LogP contribution in [0.15, 0.2) is 12.7 Å². The summed E-state index contributed by atoms with van der Waals surface area (Å²) >= 11 is 0. The van der Waals surface area contributed by atoms with E-state index < -0.39 is 5.41 Å². The van der Waals surface area contributed by atoms with Gasteiger partial charge >= 0.3 is 0 Å². The van der Waals surface area contributed by atoms with Crippen LogP contribution in [0.1, 0.15) is 51.4 Å². The number of hydrogen-bond acceptors (Lipinski definition) is 2. The molecule has 0 aromatic carbocycles. The van der Waals surface area contributed by atoms with Crippen LogP contribution in [0.25, 0.3) is 0 Å². The van der Waals surface area contributed by atoms with Gasteiger partial charge in [-0.1, -0.05) is 31.8 Å². The lowest BCUT2D eigenvalue weighted by Crippen LogP contribution is -2.44. The van der Waals surface area contributed by atoms with Crippen molar-refractivity contribution in [3.05, 3.63) is 12.7 Å². The van der Waals surface area contributed by atoms with E-state index in [-0.39, 0.29) is 5.91 Å². The lowest BCUT2D eigenvalue weighted by atomic mass is 9.80. The molecule has 18 heavy (non-hydrogen) atoms. The monoisotopic (exact) mass is 246 g/mol. The number of amides is 1. The lowest BCUT2D eigenvalue weighted by molar-refractivity contribution is -0.139. The Morgan fingerprint density at radius 2 is 1.94 bits per heavy atom. The highest BCUT2D eigenvalue weighted by Gasteiger charge is 2.45. The number of carbonyl (C=O) groups is 1. The van der Waals surface area contributed by atoms with E-state index in [1.165, 1.54) is 0 Å². The summed E-state index contributed by atoms with van der Waals surface area (Å²) in [7, 11) is 0. The summed E-state index contributed by atoms with van der Waals surface area (Å²) < 4.78 is 0. The predicted octanol–water partition coefficient (Wildman–Crippen LogP) is 3.03. The van der Waals surface area contributed by atoms with Crippen LogP contribution in [0.5, 0.6) is 0 Å². The molecule has 1 amide bonds. The summed E-state index contributed by atoms with van der Waals surface area (Å²) in [4.78, 5) is 14.6. The maximum atomic E-state index is 12.7. The van der Waals surface area contributed by atoms with Gasteiger partial charge in [0.05, 0.1) is 6.07 Å². The number of rotatable bonds is 4. The van der Waals surface area contributed by atoms with Crippen LogP contribution in [-0.4, -0.2) is 23.4 Å². The Morgan fingerprint density at radius 3 is 2.39 bits per heavy atom. The second-order valence-corrected chi connectivity index (χ2v) is 5.59. The van der Waals surface area contributed by atoms with Gasteiger partial charge in [-0.05, 0) is 25.7 Å². The second-order valence-electron chi connectivity index (χ2n) is 5.59. The summed E-state index contributed by atoms with van der Waals surface area (Å²) in [6.45, 7) is 4.32. The topological polar surface area (TPSA) is 44.1 Å². The molecule has 3 nitrogen and oxygen atoms in total. The van der Waals surface area contributed by atoms with Crippen LogP contribution in [0.4, 0.5) is 0 Å². The van der Waals surface area contributed by atoms with Crippen LogP contribution in [-0.2, 0) is 4.79 Å². The van der Waals surface area contributed by atoms with E-state index in [9.17, 15) is 10.1 Å². The van der Waals surface area contributed by atoms with Gasteiger partial charge in [-0.25, -0.2) is 0 Å². The van der Waals surface area contributed by atoms with Gasteiger partial charge in [-0.3, -0.25) is 4.79 Å². The first-order chi connectivity index (χ1) is 8.73. The summed E-state index contributed by atoms with van der Waals surface area (Å²) in [6, 6.07) is 2.72. The first kappa shape index (κ1) is 13.1. The van der Waals surface area contributed by atoms with Gasteiger partial charge in [0.25, 0.3) is 0 Å². The summed E-state index contributed by atoms with van der Waals surface area (Å²) in [5, 5.41) is 9.53. The molecule has 0 unspecified atom stereocenters. The van der Waals surface area contributed by atoms with E-state index in [1.54, 1.807) is 6.08 Å². The molecule has 2 aliphatic carbocycles. The van der Waals surface area contributed by atoms with Crippen LogP contribution < -0.4 is 0 Å². The maximum Gasteiger partial charge on any atom is 0.243 e. The Hall–Kier alpha value is -1.30. The number of nitrogens with zero attached hydrogens (tertiary/aromatic N) is 2. The van der Waals surface area contributed by atoms with E-state index in [4.69, 9.17) is 0 Å². The van der Waals surface area contributed by atoms with Gasteiger partial charge in [0, 0.05) is 12.6 Å². The molecule has 0 radical (unpaired) electrons. The van der Waals surface area contributed by atoms with Gasteiger partial charge < -0.3 is 4.90 Å². The van der Waals surface area contributed by atoms with Crippen molar-refractivity contribution in [2.24, 2.45) is 5.41 Å². The Morgan fingerprint density at radius 1 is 1.33 bits per heavy atom. The average Bonchev–Trinajstić information content (AvgIpc) is 3.21. The van der Waals surface area contributed by atoms with Crippen molar-refractivity contribution in [2.45, 2.75) is 57.4 Å². The Kier molecular flexibility index (Phi) is 4.06. The van der Waals surface area contributed by atoms with Gasteiger partial charge in [0.1, 0.15) is 5.41 Å². The highest BCUT2D eigenvalue weighted by atomic mass is 16.2. The Bertz CT molecular complexity index is 357. The quantitative estimate of drug-likeness (QED) is 0.565. The highest BCUT2D eigenvalue weighted by molar-refractivity contribution is 5.86. The zero-order valence-electron chi connectivity index (χ0n) is 11.0. The van der Waals surface area contributed by atoms with E-state index in [0.717, 1.165) is 51.4 Å². The van der Waals surface area contributed by atoms with Crippen LogP contribution in [0, 0.1) is 16.7 Å². The van der Waals surface area contributed by atoms with Crippen molar-refractivity contribution in [3.63, 3.8) is 0 Å². The lowest BCUT2D eigenvalue weighted by Gasteiger charge is -2.31. The molecule has 0 saturated heterocycles. The molecule has 0 atom stereocenters. The first-order valence-electron chi connectivity index (χ1n) is 7.07. The predicted molar refractivity (Wildman–Crippen MR) is 70.7 cm³/mol. The summed E-state index contributed by atoms with van der Waals surface area (Å²) in [6.07, 6.45) is 9.74. The molecule has 0 N–H and O–H groups in total. The molecule has 0 aliphatic heterocycles. The van der Waals surface area contributed by atoms with E-state index in [0.29, 0.717) is 12.6 Å². The Balaban J connectivity index is 2.16. The zero-order chi connectivity index (χ0) is 13.0. The Labute approximate surface area is 109 Å². The van der Waals surface area contributed by atoms with Gasteiger partial charge in [0.2, 0.25) is 5.91 Å². The molecular formula is C15H22N2O. The molecule has 98 valence electrons. The molecule has 0 bridgehead atoms. The molecule has 2 rings (SSSR count). The third kappa shape index (κ3) is 2.58. The van der Waals surface area contributed by atoms with Crippen molar-refractivity contribution in [1.82, 2.24) is 4.90 Å². The van der Waals surface area contributed by atoms with Gasteiger partial charge in [-0.15, -0.1) is 6.58 Å². The van der Waals surface area contributed by atoms with Crippen molar-refractivity contribution >= 4 is 5.91 Å². The zero-order valence-corrected chi connectivity index (χ0v) is 11.0. The van der Waals surface area contributed by atoms with Crippen LogP contribution >= 0.6 is 0 Å². The maximum absolute atomic E-state index is 12.7. The van der Waals surface area contributed by atoms with E-state index in [2.05, 4.69) is 12.6 Å². The normalized spacial score (nSPS) is 22.6. The van der Waals surface area contributed by atoms with Gasteiger partial charge in [-0.2, -0.15) is 5.26 Å². The molecule has 2 aliphatic rings. The largest absolute Gasteiger partial charge is 0.335 e. The first-order valence-corrected chi connectivity index (χ1v) is 7.07. The SMILES string of the molecule is C=CCN(C(=O)C1(C#N)CCCCCC1)C1CC1. The molecule has 0 heterocycles. The molecule has 3 heteroatoms. The minimum absolute atomic E-state index is 0.0642. The fourth-order valence-corrected chi connectivity index (χ4v) is 2.90. The minimum atomic E-state index is -0.748. The number of carbonyl (C=O) groups excluding carboxylic acids is 1. The van der Waals surface area contributed by atoms with Crippen molar-refractivity contribution in [3.8, 4) is 6.07 Å². The second kappa shape index (κ2) is 5.56. The molecule has 0 aromatic heterocycles. The highest BCUT2D eigenvalue weighted by Crippen LogP contribution is 2.39. The van der Waals surface area contributed by atoms with Crippen LogP contribution in [0.2, 0.25) is 0 Å². The minimum Gasteiger partial charge on any atom is -0.335 e. The smallest absolute Gasteiger partial charge is 0.243 e. The average molecular weight is 246 g/mol.